The topological polar surface area (TPSA) is 20.2 Å². The summed E-state index contributed by atoms with van der Waals surface area (Å²) in [5.41, 5.74) is 5.45. The summed E-state index contributed by atoms with van der Waals surface area (Å²) in [6.45, 7) is 7.95. The number of benzene rings is 2. The second-order valence-electron chi connectivity index (χ2n) is 7.05. The van der Waals surface area contributed by atoms with E-state index in [9.17, 15) is 5.11 Å². The van der Waals surface area contributed by atoms with Crippen molar-refractivity contribution in [1.82, 2.24) is 0 Å². The fourth-order valence-corrected chi connectivity index (χ4v) is 4.14. The van der Waals surface area contributed by atoms with Gasteiger partial charge in [-0.05, 0) is 73.2 Å². The van der Waals surface area contributed by atoms with Gasteiger partial charge in [-0.2, -0.15) is 0 Å². The largest absolute Gasteiger partial charge is 0.378 e. The van der Waals surface area contributed by atoms with Crippen molar-refractivity contribution < 1.29 is 5.11 Å². The zero-order valence-electron chi connectivity index (χ0n) is 14.7. The van der Waals surface area contributed by atoms with Crippen molar-refractivity contribution in [1.29, 1.82) is 0 Å². The molecule has 0 amide bonds. The molecule has 1 aliphatic rings. The van der Waals surface area contributed by atoms with Gasteiger partial charge in [-0.1, -0.05) is 53.8 Å². The third-order valence-electron chi connectivity index (χ3n) is 5.04. The molecule has 1 N–H and O–H groups in total. The second kappa shape index (κ2) is 6.06. The van der Waals surface area contributed by atoms with E-state index < -0.39 is 5.60 Å². The van der Waals surface area contributed by atoms with E-state index >= 15 is 0 Å². The number of hydrogen-bond acceptors (Lipinski definition) is 1. The van der Waals surface area contributed by atoms with Crippen LogP contribution < -0.4 is 0 Å². The van der Waals surface area contributed by atoms with Crippen molar-refractivity contribution in [2.45, 2.75) is 51.6 Å². The molecular weight excluding hydrogens is 360 g/mol. The lowest BCUT2D eigenvalue weighted by Crippen LogP contribution is -2.23. The normalized spacial score (nSPS) is 14.6. The van der Waals surface area contributed by atoms with Crippen LogP contribution in [-0.2, 0) is 5.41 Å². The quantitative estimate of drug-likeness (QED) is 0.664. The first-order chi connectivity index (χ1) is 11.3. The summed E-state index contributed by atoms with van der Waals surface area (Å²) >= 11 is 3.63. The summed E-state index contributed by atoms with van der Waals surface area (Å²) in [5.74, 6) is 6.05. The summed E-state index contributed by atoms with van der Waals surface area (Å²) in [7, 11) is 0. The molecule has 0 atom stereocenters. The Morgan fingerprint density at radius 2 is 1.58 bits per heavy atom. The lowest BCUT2D eigenvalue weighted by atomic mass is 9.73. The number of aliphatic hydroxyl groups is 1. The molecule has 2 aromatic carbocycles. The Morgan fingerprint density at radius 3 is 2.17 bits per heavy atom. The van der Waals surface area contributed by atoms with Crippen molar-refractivity contribution >= 4 is 15.9 Å². The molecule has 3 rings (SSSR count). The minimum atomic E-state index is -0.973. The zero-order chi connectivity index (χ0) is 17.5. The highest BCUT2D eigenvalue weighted by atomic mass is 79.9. The van der Waals surface area contributed by atoms with Gasteiger partial charge in [0.05, 0.1) is 0 Å². The standard InChI is InChI=1S/C22H23BrO/c1-5-22(6-2)19-13-15(11-12-21(3,4)24)7-9-17(19)18-10-8-16(23)14-20(18)22/h7-10,13-14,24H,5-6H2,1-4H3. The van der Waals surface area contributed by atoms with Crippen molar-refractivity contribution in [3.63, 3.8) is 0 Å². The minimum Gasteiger partial charge on any atom is -0.378 e. The van der Waals surface area contributed by atoms with Gasteiger partial charge in [0.2, 0.25) is 0 Å². The van der Waals surface area contributed by atoms with E-state index in [0.717, 1.165) is 22.9 Å². The van der Waals surface area contributed by atoms with E-state index in [0.29, 0.717) is 0 Å². The van der Waals surface area contributed by atoms with Crippen LogP contribution >= 0.6 is 15.9 Å². The number of hydrogen-bond donors (Lipinski definition) is 1. The number of fused-ring (bicyclic) bond motifs is 3. The number of rotatable bonds is 2. The highest BCUT2D eigenvalue weighted by Crippen LogP contribution is 2.53. The fourth-order valence-electron chi connectivity index (χ4n) is 3.78. The lowest BCUT2D eigenvalue weighted by Gasteiger charge is -2.29. The van der Waals surface area contributed by atoms with Gasteiger partial charge in [-0.3, -0.25) is 0 Å². The van der Waals surface area contributed by atoms with Crippen LogP contribution in [0.4, 0.5) is 0 Å². The Bertz CT molecular complexity index is 842. The fraction of sp³-hybridized carbons (Fsp3) is 0.364. The lowest BCUT2D eigenvalue weighted by molar-refractivity contribution is 0.143. The maximum absolute atomic E-state index is 9.86. The molecule has 0 spiro atoms. The molecule has 2 aromatic rings. The summed E-state index contributed by atoms with van der Waals surface area (Å²) in [6, 6.07) is 13.1. The van der Waals surface area contributed by atoms with E-state index in [-0.39, 0.29) is 5.41 Å². The Hall–Kier alpha value is -1.56. The first kappa shape index (κ1) is 17.3. The van der Waals surface area contributed by atoms with Crippen LogP contribution in [0.25, 0.3) is 11.1 Å². The molecule has 0 heterocycles. The molecule has 0 fully saturated rings. The Balaban J connectivity index is 2.21. The first-order valence-electron chi connectivity index (χ1n) is 8.51. The minimum absolute atomic E-state index is 0.0425. The summed E-state index contributed by atoms with van der Waals surface area (Å²) in [5, 5.41) is 9.86. The van der Waals surface area contributed by atoms with Gasteiger partial charge in [-0.25, -0.2) is 0 Å². The van der Waals surface area contributed by atoms with Gasteiger partial charge in [0.1, 0.15) is 5.60 Å². The molecule has 0 radical (unpaired) electrons. The van der Waals surface area contributed by atoms with E-state index in [2.05, 4.69) is 78.0 Å². The van der Waals surface area contributed by atoms with Gasteiger partial charge >= 0.3 is 0 Å². The smallest absolute Gasteiger partial charge is 0.120 e. The maximum Gasteiger partial charge on any atom is 0.120 e. The SMILES string of the molecule is CCC1(CC)c2cc(Br)ccc2-c2ccc(C#CC(C)(C)O)cc21. The van der Waals surface area contributed by atoms with Crippen LogP contribution in [0.3, 0.4) is 0 Å². The van der Waals surface area contributed by atoms with Crippen LogP contribution in [0.5, 0.6) is 0 Å². The maximum atomic E-state index is 9.86. The Labute approximate surface area is 153 Å². The van der Waals surface area contributed by atoms with Gasteiger partial charge in [0.25, 0.3) is 0 Å². The number of halogens is 1. The molecule has 1 nitrogen and oxygen atoms in total. The van der Waals surface area contributed by atoms with E-state index in [4.69, 9.17) is 0 Å². The highest BCUT2D eigenvalue weighted by molar-refractivity contribution is 9.10. The molecule has 0 bridgehead atoms. The molecule has 0 saturated heterocycles. The molecule has 0 unspecified atom stereocenters. The van der Waals surface area contributed by atoms with Gasteiger partial charge in [-0.15, -0.1) is 0 Å². The van der Waals surface area contributed by atoms with Crippen molar-refractivity contribution in [2.24, 2.45) is 0 Å². The van der Waals surface area contributed by atoms with Crippen molar-refractivity contribution in [2.75, 3.05) is 0 Å². The summed E-state index contributed by atoms with van der Waals surface area (Å²) in [4.78, 5) is 0. The monoisotopic (exact) mass is 382 g/mol. The van der Waals surface area contributed by atoms with Gasteiger partial charge in [0.15, 0.2) is 0 Å². The average molecular weight is 383 g/mol. The van der Waals surface area contributed by atoms with Crippen molar-refractivity contribution in [3.8, 4) is 23.0 Å². The molecule has 0 saturated carbocycles. The van der Waals surface area contributed by atoms with Crippen LogP contribution in [-0.4, -0.2) is 10.7 Å². The van der Waals surface area contributed by atoms with Gasteiger partial charge < -0.3 is 5.11 Å². The molecule has 0 aromatic heterocycles. The van der Waals surface area contributed by atoms with Crippen LogP contribution in [0.15, 0.2) is 40.9 Å². The molecule has 1 aliphatic carbocycles. The Morgan fingerprint density at radius 1 is 1.00 bits per heavy atom. The molecule has 24 heavy (non-hydrogen) atoms. The average Bonchev–Trinajstić information content (AvgIpc) is 2.81. The molecule has 0 aliphatic heterocycles. The van der Waals surface area contributed by atoms with Crippen LogP contribution in [0.1, 0.15) is 57.2 Å². The van der Waals surface area contributed by atoms with Crippen LogP contribution in [0.2, 0.25) is 0 Å². The van der Waals surface area contributed by atoms with Gasteiger partial charge in [0, 0.05) is 15.5 Å². The highest BCUT2D eigenvalue weighted by Gasteiger charge is 2.40. The second-order valence-corrected chi connectivity index (χ2v) is 7.96. The predicted molar refractivity (Wildman–Crippen MR) is 104 cm³/mol. The third kappa shape index (κ3) is 2.81. The predicted octanol–water partition coefficient (Wildman–Crippen LogP) is 5.66. The third-order valence-corrected chi connectivity index (χ3v) is 5.54. The van der Waals surface area contributed by atoms with Crippen LogP contribution in [0, 0.1) is 11.8 Å². The Kier molecular flexibility index (Phi) is 4.36. The van der Waals surface area contributed by atoms with E-state index in [1.165, 1.54) is 22.3 Å². The first-order valence-corrected chi connectivity index (χ1v) is 9.30. The summed E-state index contributed by atoms with van der Waals surface area (Å²) in [6.07, 6.45) is 2.12. The molecule has 2 heteroatoms. The summed E-state index contributed by atoms with van der Waals surface area (Å²) < 4.78 is 1.13. The van der Waals surface area contributed by atoms with E-state index in [1.807, 2.05) is 0 Å². The van der Waals surface area contributed by atoms with E-state index in [1.54, 1.807) is 13.8 Å². The molecular formula is C22H23BrO. The van der Waals surface area contributed by atoms with Crippen molar-refractivity contribution in [3.05, 3.63) is 57.6 Å². The molecule has 124 valence electrons. The zero-order valence-corrected chi connectivity index (χ0v) is 16.3.